The van der Waals surface area contributed by atoms with Crippen LogP contribution in [0.4, 0.5) is 11.6 Å². The van der Waals surface area contributed by atoms with Crippen LogP contribution >= 0.6 is 0 Å². The molecule has 0 saturated carbocycles. The lowest BCUT2D eigenvalue weighted by Crippen LogP contribution is -2.12. The highest BCUT2D eigenvalue weighted by atomic mass is 16.5. The summed E-state index contributed by atoms with van der Waals surface area (Å²) in [6.45, 7) is 0.863. The first kappa shape index (κ1) is 8.35. The zero-order valence-corrected chi connectivity index (χ0v) is 8.40. The Morgan fingerprint density at radius 1 is 1.47 bits per heavy atom. The van der Waals surface area contributed by atoms with E-state index in [1.54, 1.807) is 13.3 Å². The topological polar surface area (TPSA) is 39.1 Å². The van der Waals surface area contributed by atoms with Crippen LogP contribution in [0.1, 0.15) is 5.56 Å². The fraction of sp³-hybridized carbons (Fsp3) is 0.182. The van der Waals surface area contributed by atoms with E-state index in [-0.39, 0.29) is 0 Å². The molecule has 0 spiro atoms. The van der Waals surface area contributed by atoms with Gasteiger partial charge in [-0.25, -0.2) is 4.98 Å². The minimum Gasteiger partial charge on any atom is -0.497 e. The molecule has 0 saturated heterocycles. The van der Waals surface area contributed by atoms with Gasteiger partial charge in [0.2, 0.25) is 5.95 Å². The number of rotatable bonds is 1. The van der Waals surface area contributed by atoms with Crippen molar-refractivity contribution in [2.75, 3.05) is 12.4 Å². The summed E-state index contributed by atoms with van der Waals surface area (Å²) in [4.78, 5) is 4.22. The molecule has 2 heterocycles. The molecule has 0 fully saturated rings. The van der Waals surface area contributed by atoms with Crippen molar-refractivity contribution in [1.82, 2.24) is 9.55 Å². The highest BCUT2D eigenvalue weighted by molar-refractivity contribution is 5.64. The van der Waals surface area contributed by atoms with Gasteiger partial charge < -0.3 is 14.6 Å². The third kappa shape index (κ3) is 1.26. The highest BCUT2D eigenvalue weighted by Crippen LogP contribution is 2.30. The summed E-state index contributed by atoms with van der Waals surface area (Å²) in [5.74, 6) is 1.75. The smallest absolute Gasteiger partial charge is 0.207 e. The van der Waals surface area contributed by atoms with Gasteiger partial charge in [-0.2, -0.15) is 0 Å². The third-order valence-electron chi connectivity index (χ3n) is 2.62. The zero-order valence-electron chi connectivity index (χ0n) is 8.40. The Balaban J connectivity index is 2.06. The van der Waals surface area contributed by atoms with Crippen molar-refractivity contribution in [3.8, 4) is 5.75 Å². The van der Waals surface area contributed by atoms with E-state index < -0.39 is 0 Å². The molecule has 76 valence electrons. The standard InChI is InChI=1S/C11H11N3O/c1-15-9-3-2-8-7-14-5-4-12-11(14)13-10(8)6-9/h2-6H,7H2,1H3,(H,12,13). The number of benzene rings is 1. The van der Waals surface area contributed by atoms with Crippen LogP contribution in [0.5, 0.6) is 5.75 Å². The molecule has 0 unspecified atom stereocenters. The van der Waals surface area contributed by atoms with E-state index in [2.05, 4.69) is 20.9 Å². The molecule has 2 aromatic rings. The number of hydrogen-bond acceptors (Lipinski definition) is 3. The van der Waals surface area contributed by atoms with Gasteiger partial charge in [0.1, 0.15) is 5.75 Å². The minimum atomic E-state index is 0.862. The molecular weight excluding hydrogens is 190 g/mol. The van der Waals surface area contributed by atoms with Crippen molar-refractivity contribution in [3.05, 3.63) is 36.2 Å². The van der Waals surface area contributed by atoms with Crippen LogP contribution in [-0.2, 0) is 6.54 Å². The number of anilines is 2. The molecule has 1 aromatic heterocycles. The predicted octanol–water partition coefficient (Wildman–Crippen LogP) is 2.00. The van der Waals surface area contributed by atoms with E-state index in [1.165, 1.54) is 5.56 Å². The molecule has 4 nitrogen and oxygen atoms in total. The normalized spacial score (nSPS) is 12.6. The Bertz CT molecular complexity index is 504. The molecule has 1 aliphatic heterocycles. The second kappa shape index (κ2) is 3.02. The van der Waals surface area contributed by atoms with Gasteiger partial charge in [0.05, 0.1) is 13.7 Å². The van der Waals surface area contributed by atoms with Crippen molar-refractivity contribution >= 4 is 11.6 Å². The van der Waals surface area contributed by atoms with E-state index >= 15 is 0 Å². The van der Waals surface area contributed by atoms with Crippen molar-refractivity contribution in [2.45, 2.75) is 6.54 Å². The molecule has 0 radical (unpaired) electrons. The number of methoxy groups -OCH3 is 1. The average Bonchev–Trinajstić information content (AvgIpc) is 2.72. The molecule has 0 aliphatic carbocycles. The monoisotopic (exact) mass is 201 g/mol. The quantitative estimate of drug-likeness (QED) is 0.654. The molecule has 1 aromatic carbocycles. The second-order valence-electron chi connectivity index (χ2n) is 3.53. The molecule has 1 aliphatic rings. The fourth-order valence-corrected chi connectivity index (χ4v) is 1.80. The van der Waals surface area contributed by atoms with Crippen LogP contribution in [0, 0.1) is 0 Å². The number of nitrogens with zero attached hydrogens (tertiary/aromatic N) is 2. The first-order valence-electron chi connectivity index (χ1n) is 4.82. The largest absolute Gasteiger partial charge is 0.497 e. The van der Waals surface area contributed by atoms with Crippen molar-refractivity contribution < 1.29 is 4.74 Å². The maximum absolute atomic E-state index is 5.18. The Labute approximate surface area is 87.5 Å². The Hall–Kier alpha value is -1.97. The molecule has 0 bridgehead atoms. The van der Waals surface area contributed by atoms with Gasteiger partial charge in [0.15, 0.2) is 0 Å². The van der Waals surface area contributed by atoms with E-state index in [4.69, 9.17) is 4.74 Å². The van der Waals surface area contributed by atoms with Crippen molar-refractivity contribution in [3.63, 3.8) is 0 Å². The minimum absolute atomic E-state index is 0.862. The van der Waals surface area contributed by atoms with Gasteiger partial charge in [-0.15, -0.1) is 0 Å². The zero-order chi connectivity index (χ0) is 10.3. The molecule has 0 atom stereocenters. The number of nitrogens with one attached hydrogen (secondary N) is 1. The molecular formula is C11H11N3O. The molecule has 15 heavy (non-hydrogen) atoms. The third-order valence-corrected chi connectivity index (χ3v) is 2.62. The molecule has 1 N–H and O–H groups in total. The van der Waals surface area contributed by atoms with Crippen LogP contribution in [0.2, 0.25) is 0 Å². The lowest BCUT2D eigenvalue weighted by atomic mass is 10.1. The number of hydrogen-bond donors (Lipinski definition) is 1. The molecule has 3 rings (SSSR count). The van der Waals surface area contributed by atoms with Crippen LogP contribution in [0.15, 0.2) is 30.6 Å². The van der Waals surface area contributed by atoms with E-state index in [0.29, 0.717) is 0 Å². The van der Waals surface area contributed by atoms with E-state index in [9.17, 15) is 0 Å². The number of ether oxygens (including phenoxy) is 1. The van der Waals surface area contributed by atoms with Gasteiger partial charge in [0, 0.05) is 24.1 Å². The van der Waals surface area contributed by atoms with Gasteiger partial charge in [0.25, 0.3) is 0 Å². The maximum atomic E-state index is 5.18. The van der Waals surface area contributed by atoms with E-state index in [1.807, 2.05) is 18.3 Å². The summed E-state index contributed by atoms with van der Waals surface area (Å²) in [6, 6.07) is 6.04. The molecule has 0 amide bonds. The number of aromatic nitrogens is 2. The Kier molecular flexibility index (Phi) is 1.68. The van der Waals surface area contributed by atoms with Gasteiger partial charge in [-0.1, -0.05) is 6.07 Å². The molecule has 4 heteroatoms. The summed E-state index contributed by atoms with van der Waals surface area (Å²) >= 11 is 0. The van der Waals surface area contributed by atoms with Gasteiger partial charge >= 0.3 is 0 Å². The highest BCUT2D eigenvalue weighted by Gasteiger charge is 2.14. The Morgan fingerprint density at radius 2 is 2.40 bits per heavy atom. The van der Waals surface area contributed by atoms with Gasteiger partial charge in [-0.05, 0) is 11.6 Å². The first-order valence-corrected chi connectivity index (χ1v) is 4.82. The number of fused-ring (bicyclic) bond motifs is 2. The summed E-state index contributed by atoms with van der Waals surface area (Å²) < 4.78 is 7.26. The van der Waals surface area contributed by atoms with Crippen LogP contribution < -0.4 is 10.1 Å². The van der Waals surface area contributed by atoms with Crippen molar-refractivity contribution in [1.29, 1.82) is 0 Å². The fourth-order valence-electron chi connectivity index (χ4n) is 1.80. The second-order valence-corrected chi connectivity index (χ2v) is 3.53. The Morgan fingerprint density at radius 3 is 3.27 bits per heavy atom. The van der Waals surface area contributed by atoms with Crippen LogP contribution in [-0.4, -0.2) is 16.7 Å². The van der Waals surface area contributed by atoms with Gasteiger partial charge in [-0.3, -0.25) is 0 Å². The first-order chi connectivity index (χ1) is 7.36. The maximum Gasteiger partial charge on any atom is 0.207 e. The van der Waals surface area contributed by atoms with Crippen LogP contribution in [0.25, 0.3) is 0 Å². The summed E-state index contributed by atoms with van der Waals surface area (Å²) in [7, 11) is 1.67. The number of imidazole rings is 1. The predicted molar refractivity (Wildman–Crippen MR) is 57.6 cm³/mol. The SMILES string of the molecule is COc1ccc2c(c1)Nc1nccn1C2. The van der Waals surface area contributed by atoms with E-state index in [0.717, 1.165) is 23.9 Å². The lowest BCUT2D eigenvalue weighted by molar-refractivity contribution is 0.415. The summed E-state index contributed by atoms with van der Waals surface area (Å²) in [5, 5.41) is 3.27. The van der Waals surface area contributed by atoms with Crippen molar-refractivity contribution in [2.24, 2.45) is 0 Å². The lowest BCUT2D eigenvalue weighted by Gasteiger charge is -2.20. The van der Waals surface area contributed by atoms with Crippen LogP contribution in [0.3, 0.4) is 0 Å². The average molecular weight is 201 g/mol. The summed E-state index contributed by atoms with van der Waals surface area (Å²) in [6.07, 6.45) is 3.76. The summed E-state index contributed by atoms with van der Waals surface area (Å²) in [5.41, 5.74) is 2.33.